The number of aliphatic hydroxyl groups is 1. The summed E-state index contributed by atoms with van der Waals surface area (Å²) in [6.07, 6.45) is -2.73. The minimum atomic E-state index is -4.71. The van der Waals surface area contributed by atoms with Crippen LogP contribution < -0.4 is 4.74 Å². The average molecular weight is 311 g/mol. The van der Waals surface area contributed by atoms with E-state index in [0.29, 0.717) is 22.9 Å². The van der Waals surface area contributed by atoms with Gasteiger partial charge in [0.1, 0.15) is 5.75 Å². The van der Waals surface area contributed by atoms with Gasteiger partial charge in [0.25, 0.3) is 0 Å². The van der Waals surface area contributed by atoms with Crippen molar-refractivity contribution in [3.05, 3.63) is 28.2 Å². The van der Waals surface area contributed by atoms with Crippen LogP contribution in [0.1, 0.15) is 24.8 Å². The summed E-state index contributed by atoms with van der Waals surface area (Å²) in [6.45, 7) is 0. The van der Waals surface area contributed by atoms with Crippen molar-refractivity contribution in [2.24, 2.45) is 0 Å². The normalized spacial score (nSPS) is 18.6. The summed E-state index contributed by atoms with van der Waals surface area (Å²) >= 11 is 3.22. The summed E-state index contributed by atoms with van der Waals surface area (Å²) in [7, 11) is 0. The van der Waals surface area contributed by atoms with Gasteiger partial charge in [-0.2, -0.15) is 0 Å². The molecule has 1 aliphatic carbocycles. The number of rotatable bonds is 2. The van der Waals surface area contributed by atoms with E-state index in [2.05, 4.69) is 20.7 Å². The topological polar surface area (TPSA) is 29.5 Å². The Balaban J connectivity index is 2.30. The highest BCUT2D eigenvalue weighted by atomic mass is 79.9. The molecule has 0 aromatic heterocycles. The minimum absolute atomic E-state index is 0.309. The van der Waals surface area contributed by atoms with E-state index in [-0.39, 0.29) is 5.75 Å². The van der Waals surface area contributed by atoms with Crippen molar-refractivity contribution in [2.45, 2.75) is 31.2 Å². The average Bonchev–Trinajstić information content (AvgIpc) is 2.15. The van der Waals surface area contributed by atoms with Crippen molar-refractivity contribution in [3.63, 3.8) is 0 Å². The fraction of sp³-hybridized carbons (Fsp3) is 0.455. The lowest BCUT2D eigenvalue weighted by Gasteiger charge is -2.37. The summed E-state index contributed by atoms with van der Waals surface area (Å²) in [5.74, 6) is -0.309. The molecule has 0 atom stereocenters. The second-order valence-electron chi connectivity index (χ2n) is 4.07. The number of hydrogen-bond acceptors (Lipinski definition) is 2. The quantitative estimate of drug-likeness (QED) is 0.902. The molecule has 0 spiro atoms. The molecule has 1 aromatic rings. The fourth-order valence-electron chi connectivity index (χ4n) is 1.84. The molecule has 0 radical (unpaired) electrons. The van der Waals surface area contributed by atoms with Gasteiger partial charge in [-0.05, 0) is 37.5 Å². The molecule has 1 fully saturated rings. The molecule has 1 N–H and O–H groups in total. The monoisotopic (exact) mass is 310 g/mol. The lowest BCUT2D eigenvalue weighted by atomic mass is 9.75. The summed E-state index contributed by atoms with van der Waals surface area (Å²) in [4.78, 5) is 0. The predicted molar refractivity (Wildman–Crippen MR) is 58.6 cm³/mol. The zero-order valence-corrected chi connectivity index (χ0v) is 10.3. The van der Waals surface area contributed by atoms with Gasteiger partial charge in [-0.15, -0.1) is 13.2 Å². The molecule has 2 nitrogen and oxygen atoms in total. The molecule has 6 heteroatoms. The van der Waals surface area contributed by atoms with Crippen LogP contribution in [0, 0.1) is 0 Å². The molecular weight excluding hydrogens is 301 g/mol. The van der Waals surface area contributed by atoms with Crippen LogP contribution in [0.25, 0.3) is 0 Å². The summed E-state index contributed by atoms with van der Waals surface area (Å²) < 4.78 is 40.6. The van der Waals surface area contributed by atoms with E-state index in [4.69, 9.17) is 0 Å². The lowest BCUT2D eigenvalue weighted by Crippen LogP contribution is -2.34. The maximum atomic E-state index is 12.1. The molecule has 2 rings (SSSR count). The second kappa shape index (κ2) is 4.17. The van der Waals surface area contributed by atoms with Gasteiger partial charge >= 0.3 is 6.36 Å². The zero-order chi connectivity index (χ0) is 12.7. The molecule has 0 aliphatic heterocycles. The Morgan fingerprint density at radius 2 is 1.94 bits per heavy atom. The highest BCUT2D eigenvalue weighted by molar-refractivity contribution is 9.10. The Labute approximate surface area is 105 Å². The van der Waals surface area contributed by atoms with E-state index < -0.39 is 12.0 Å². The third-order valence-electron chi connectivity index (χ3n) is 2.85. The van der Waals surface area contributed by atoms with Gasteiger partial charge in [-0.1, -0.05) is 15.9 Å². The Bertz CT molecular complexity index is 427. The van der Waals surface area contributed by atoms with Gasteiger partial charge in [0, 0.05) is 10.0 Å². The van der Waals surface area contributed by atoms with Crippen LogP contribution in [0.15, 0.2) is 22.7 Å². The zero-order valence-electron chi connectivity index (χ0n) is 8.72. The Hall–Kier alpha value is -0.750. The maximum absolute atomic E-state index is 12.1. The van der Waals surface area contributed by atoms with Crippen LogP contribution in [-0.2, 0) is 5.60 Å². The van der Waals surface area contributed by atoms with Gasteiger partial charge in [0.2, 0.25) is 0 Å². The number of alkyl halides is 3. The maximum Gasteiger partial charge on any atom is 0.573 e. The van der Waals surface area contributed by atoms with E-state index in [1.807, 2.05) is 0 Å². The molecule has 1 aromatic carbocycles. The van der Waals surface area contributed by atoms with E-state index >= 15 is 0 Å². The Morgan fingerprint density at radius 1 is 1.29 bits per heavy atom. The first-order chi connectivity index (χ1) is 7.80. The van der Waals surface area contributed by atoms with Gasteiger partial charge in [-0.3, -0.25) is 0 Å². The SMILES string of the molecule is OC1(c2cc(OC(F)(F)F)ccc2Br)CCC1. The number of halogens is 4. The van der Waals surface area contributed by atoms with Gasteiger partial charge < -0.3 is 9.84 Å². The van der Waals surface area contributed by atoms with Crippen molar-refractivity contribution >= 4 is 15.9 Å². The molecule has 0 amide bonds. The van der Waals surface area contributed by atoms with Crippen molar-refractivity contribution in [2.75, 3.05) is 0 Å². The Kier molecular flexibility index (Phi) is 3.12. The number of ether oxygens (including phenoxy) is 1. The molecule has 17 heavy (non-hydrogen) atoms. The summed E-state index contributed by atoms with van der Waals surface area (Å²) in [5, 5.41) is 10.1. The third kappa shape index (κ3) is 2.74. The van der Waals surface area contributed by atoms with Gasteiger partial charge in [0.15, 0.2) is 0 Å². The molecule has 0 saturated heterocycles. The molecule has 0 bridgehead atoms. The molecule has 1 saturated carbocycles. The van der Waals surface area contributed by atoms with Crippen LogP contribution >= 0.6 is 15.9 Å². The molecule has 0 unspecified atom stereocenters. The van der Waals surface area contributed by atoms with E-state index in [1.54, 1.807) is 0 Å². The standard InChI is InChI=1S/C11H10BrF3O2/c12-9-3-2-7(17-11(13,14)15)6-8(9)10(16)4-1-5-10/h2-3,6,16H,1,4-5H2. The number of benzene rings is 1. The first-order valence-electron chi connectivity index (χ1n) is 5.08. The molecular formula is C11H10BrF3O2. The third-order valence-corrected chi connectivity index (χ3v) is 3.54. The van der Waals surface area contributed by atoms with Crippen molar-refractivity contribution in [1.82, 2.24) is 0 Å². The van der Waals surface area contributed by atoms with Crippen molar-refractivity contribution in [1.29, 1.82) is 0 Å². The van der Waals surface area contributed by atoms with Crippen molar-refractivity contribution < 1.29 is 23.0 Å². The van der Waals surface area contributed by atoms with Crippen molar-refractivity contribution in [3.8, 4) is 5.75 Å². The van der Waals surface area contributed by atoms with E-state index in [9.17, 15) is 18.3 Å². The van der Waals surface area contributed by atoms with Gasteiger partial charge in [0.05, 0.1) is 5.60 Å². The van der Waals surface area contributed by atoms with Crippen LogP contribution in [0.5, 0.6) is 5.75 Å². The van der Waals surface area contributed by atoms with Crippen LogP contribution in [0.2, 0.25) is 0 Å². The van der Waals surface area contributed by atoms with E-state index in [0.717, 1.165) is 6.42 Å². The van der Waals surface area contributed by atoms with Gasteiger partial charge in [-0.25, -0.2) is 0 Å². The first-order valence-corrected chi connectivity index (χ1v) is 5.88. The highest BCUT2D eigenvalue weighted by Gasteiger charge is 2.38. The smallest absolute Gasteiger partial charge is 0.406 e. The first kappa shape index (κ1) is 12.7. The van der Waals surface area contributed by atoms with Crippen LogP contribution in [0.4, 0.5) is 13.2 Å². The fourth-order valence-corrected chi connectivity index (χ4v) is 2.45. The predicted octanol–water partition coefficient (Wildman–Crippen LogP) is 3.72. The van der Waals surface area contributed by atoms with E-state index in [1.165, 1.54) is 18.2 Å². The Morgan fingerprint density at radius 3 is 2.41 bits per heavy atom. The molecule has 94 valence electrons. The summed E-state index contributed by atoms with van der Waals surface area (Å²) in [6, 6.07) is 3.90. The number of hydrogen-bond donors (Lipinski definition) is 1. The highest BCUT2D eigenvalue weighted by Crippen LogP contribution is 2.45. The summed E-state index contributed by atoms with van der Waals surface area (Å²) in [5.41, 5.74) is -0.574. The largest absolute Gasteiger partial charge is 0.573 e. The molecule has 0 heterocycles. The molecule has 1 aliphatic rings. The van der Waals surface area contributed by atoms with Crippen LogP contribution in [0.3, 0.4) is 0 Å². The second-order valence-corrected chi connectivity index (χ2v) is 4.93. The minimum Gasteiger partial charge on any atom is -0.406 e. The lowest BCUT2D eigenvalue weighted by molar-refractivity contribution is -0.274. The van der Waals surface area contributed by atoms with Crippen LogP contribution in [-0.4, -0.2) is 11.5 Å².